The Hall–Kier alpha value is -2.89. The molecule has 0 fully saturated rings. The van der Waals surface area contributed by atoms with E-state index in [-0.39, 0.29) is 5.91 Å². The number of aromatic nitrogens is 4. The summed E-state index contributed by atoms with van der Waals surface area (Å²) in [4.78, 5) is 12.4. The van der Waals surface area contributed by atoms with E-state index in [1.54, 1.807) is 22.5 Å². The highest BCUT2D eigenvalue weighted by Crippen LogP contribution is 2.14. The summed E-state index contributed by atoms with van der Waals surface area (Å²) in [5.41, 5.74) is 3.32. The second-order valence-corrected chi connectivity index (χ2v) is 5.56. The SMILES string of the molecule is Cc1cc(C(=O)Nc2cc(C)nn2Cc2ccccc2)n(C)n1. The van der Waals surface area contributed by atoms with Crippen molar-refractivity contribution in [1.29, 1.82) is 0 Å². The van der Waals surface area contributed by atoms with Crippen LogP contribution < -0.4 is 5.32 Å². The summed E-state index contributed by atoms with van der Waals surface area (Å²) in [5.74, 6) is 0.484. The quantitative estimate of drug-likeness (QED) is 0.805. The van der Waals surface area contributed by atoms with Gasteiger partial charge in [-0.05, 0) is 25.5 Å². The monoisotopic (exact) mass is 309 g/mol. The van der Waals surface area contributed by atoms with Crippen molar-refractivity contribution >= 4 is 11.7 Å². The molecule has 0 saturated carbocycles. The number of carbonyl (C=O) groups is 1. The van der Waals surface area contributed by atoms with Gasteiger partial charge in [-0.25, -0.2) is 4.68 Å². The van der Waals surface area contributed by atoms with Crippen molar-refractivity contribution in [1.82, 2.24) is 19.6 Å². The van der Waals surface area contributed by atoms with Crippen molar-refractivity contribution in [3.8, 4) is 0 Å². The van der Waals surface area contributed by atoms with Crippen molar-refractivity contribution in [2.75, 3.05) is 5.32 Å². The topological polar surface area (TPSA) is 64.7 Å². The number of aryl methyl sites for hydroxylation is 3. The minimum Gasteiger partial charge on any atom is -0.305 e. The minimum atomic E-state index is -0.192. The number of benzene rings is 1. The molecule has 3 aromatic rings. The van der Waals surface area contributed by atoms with Gasteiger partial charge >= 0.3 is 0 Å². The average molecular weight is 309 g/mol. The number of nitrogens with zero attached hydrogens (tertiary/aromatic N) is 4. The van der Waals surface area contributed by atoms with Crippen LogP contribution in [0, 0.1) is 13.8 Å². The Bertz CT molecular complexity index is 832. The van der Waals surface area contributed by atoms with E-state index in [9.17, 15) is 4.79 Å². The Morgan fingerprint density at radius 2 is 1.78 bits per heavy atom. The normalized spacial score (nSPS) is 10.7. The summed E-state index contributed by atoms with van der Waals surface area (Å²) in [6.45, 7) is 4.38. The molecule has 0 aliphatic rings. The molecule has 2 heterocycles. The van der Waals surface area contributed by atoms with Crippen LogP contribution in [0.25, 0.3) is 0 Å². The van der Waals surface area contributed by atoms with E-state index in [0.29, 0.717) is 18.1 Å². The van der Waals surface area contributed by atoms with Crippen LogP contribution in [0.4, 0.5) is 5.82 Å². The zero-order valence-electron chi connectivity index (χ0n) is 13.4. The minimum absolute atomic E-state index is 0.192. The van der Waals surface area contributed by atoms with Crippen molar-refractivity contribution in [2.45, 2.75) is 20.4 Å². The third-order valence-electron chi connectivity index (χ3n) is 3.55. The fraction of sp³-hybridized carbons (Fsp3) is 0.235. The van der Waals surface area contributed by atoms with Crippen molar-refractivity contribution in [3.05, 3.63) is 65.1 Å². The molecular weight excluding hydrogens is 290 g/mol. The molecule has 118 valence electrons. The molecule has 0 saturated heterocycles. The number of amides is 1. The predicted molar refractivity (Wildman–Crippen MR) is 88.4 cm³/mol. The van der Waals surface area contributed by atoms with Gasteiger partial charge in [-0.3, -0.25) is 9.48 Å². The summed E-state index contributed by atoms with van der Waals surface area (Å²) in [5, 5.41) is 11.6. The zero-order valence-corrected chi connectivity index (χ0v) is 13.4. The first-order valence-corrected chi connectivity index (χ1v) is 7.43. The second kappa shape index (κ2) is 6.08. The van der Waals surface area contributed by atoms with Crippen LogP contribution >= 0.6 is 0 Å². The maximum absolute atomic E-state index is 12.4. The van der Waals surface area contributed by atoms with Crippen molar-refractivity contribution < 1.29 is 4.79 Å². The van der Waals surface area contributed by atoms with Gasteiger partial charge in [0.15, 0.2) is 0 Å². The van der Waals surface area contributed by atoms with Gasteiger partial charge < -0.3 is 5.32 Å². The van der Waals surface area contributed by atoms with Crippen LogP contribution in [-0.4, -0.2) is 25.5 Å². The standard InChI is InChI=1S/C17H19N5O/c1-12-9-15(21(3)19-12)17(23)18-16-10-13(2)20-22(16)11-14-7-5-4-6-8-14/h4-10H,11H2,1-3H3,(H,18,23). The molecule has 6 nitrogen and oxygen atoms in total. The van der Waals surface area contributed by atoms with Gasteiger partial charge in [-0.1, -0.05) is 30.3 Å². The molecule has 1 aromatic carbocycles. The lowest BCUT2D eigenvalue weighted by Crippen LogP contribution is -2.19. The van der Waals surface area contributed by atoms with Gasteiger partial charge in [0.2, 0.25) is 0 Å². The van der Waals surface area contributed by atoms with Crippen LogP contribution in [0.2, 0.25) is 0 Å². The van der Waals surface area contributed by atoms with Crippen LogP contribution in [-0.2, 0) is 13.6 Å². The summed E-state index contributed by atoms with van der Waals surface area (Å²) in [7, 11) is 1.76. The van der Waals surface area contributed by atoms with Crippen LogP contribution in [0.15, 0.2) is 42.5 Å². The number of hydrogen-bond acceptors (Lipinski definition) is 3. The molecule has 0 unspecified atom stereocenters. The van der Waals surface area contributed by atoms with E-state index >= 15 is 0 Å². The second-order valence-electron chi connectivity index (χ2n) is 5.56. The first kappa shape index (κ1) is 15.0. The largest absolute Gasteiger partial charge is 0.305 e. The lowest BCUT2D eigenvalue weighted by molar-refractivity contribution is 0.101. The van der Waals surface area contributed by atoms with Crippen molar-refractivity contribution in [3.63, 3.8) is 0 Å². The summed E-state index contributed by atoms with van der Waals surface area (Å²) >= 11 is 0. The van der Waals surface area contributed by atoms with Crippen LogP contribution in [0.1, 0.15) is 27.4 Å². The molecule has 1 amide bonds. The van der Waals surface area contributed by atoms with E-state index < -0.39 is 0 Å². The molecule has 1 N–H and O–H groups in total. The lowest BCUT2D eigenvalue weighted by atomic mass is 10.2. The first-order valence-electron chi connectivity index (χ1n) is 7.43. The van der Waals surface area contributed by atoms with E-state index in [2.05, 4.69) is 15.5 Å². The van der Waals surface area contributed by atoms with E-state index in [1.807, 2.05) is 50.2 Å². The van der Waals surface area contributed by atoms with Gasteiger partial charge in [0.1, 0.15) is 11.5 Å². The molecule has 0 spiro atoms. The summed E-state index contributed by atoms with van der Waals surface area (Å²) in [6, 6.07) is 13.7. The van der Waals surface area contributed by atoms with E-state index in [4.69, 9.17) is 0 Å². The van der Waals surface area contributed by atoms with E-state index in [1.165, 1.54) is 0 Å². The van der Waals surface area contributed by atoms with Gasteiger partial charge in [-0.2, -0.15) is 10.2 Å². The maximum atomic E-state index is 12.4. The highest BCUT2D eigenvalue weighted by Gasteiger charge is 2.15. The van der Waals surface area contributed by atoms with Gasteiger partial charge in [0, 0.05) is 13.1 Å². The number of nitrogens with one attached hydrogen (secondary N) is 1. The Kier molecular flexibility index (Phi) is 3.97. The maximum Gasteiger partial charge on any atom is 0.275 e. The van der Waals surface area contributed by atoms with Gasteiger partial charge in [0.25, 0.3) is 5.91 Å². The average Bonchev–Trinajstić information content (AvgIpc) is 3.02. The molecule has 23 heavy (non-hydrogen) atoms. The Morgan fingerprint density at radius 3 is 2.43 bits per heavy atom. The van der Waals surface area contributed by atoms with Crippen LogP contribution in [0.3, 0.4) is 0 Å². The fourth-order valence-electron chi connectivity index (χ4n) is 2.53. The number of hydrogen-bond donors (Lipinski definition) is 1. The molecule has 2 aromatic heterocycles. The van der Waals surface area contributed by atoms with E-state index in [0.717, 1.165) is 17.0 Å². The predicted octanol–water partition coefficient (Wildman–Crippen LogP) is 2.53. The highest BCUT2D eigenvalue weighted by atomic mass is 16.2. The Morgan fingerprint density at radius 1 is 1.09 bits per heavy atom. The zero-order chi connectivity index (χ0) is 16.4. The molecular formula is C17H19N5O. The molecule has 0 atom stereocenters. The Balaban J connectivity index is 1.83. The van der Waals surface area contributed by atoms with Crippen LogP contribution in [0.5, 0.6) is 0 Å². The first-order chi connectivity index (χ1) is 11.0. The fourth-order valence-corrected chi connectivity index (χ4v) is 2.53. The molecule has 0 aliphatic carbocycles. The molecule has 0 radical (unpaired) electrons. The van der Waals surface area contributed by atoms with Crippen molar-refractivity contribution in [2.24, 2.45) is 7.05 Å². The molecule has 0 aliphatic heterocycles. The lowest BCUT2D eigenvalue weighted by Gasteiger charge is -2.09. The molecule has 3 rings (SSSR count). The molecule has 0 bridgehead atoms. The number of carbonyl (C=O) groups excluding carboxylic acids is 1. The third kappa shape index (κ3) is 3.31. The molecule has 6 heteroatoms. The van der Waals surface area contributed by atoms with Gasteiger partial charge in [0.05, 0.1) is 17.9 Å². The highest BCUT2D eigenvalue weighted by molar-refractivity contribution is 6.02. The summed E-state index contributed by atoms with van der Waals surface area (Å²) in [6.07, 6.45) is 0. The smallest absolute Gasteiger partial charge is 0.275 e. The number of anilines is 1. The number of rotatable bonds is 4. The third-order valence-corrected chi connectivity index (χ3v) is 3.55. The van der Waals surface area contributed by atoms with Gasteiger partial charge in [-0.15, -0.1) is 0 Å². The Labute approximate surface area is 134 Å². The summed E-state index contributed by atoms with van der Waals surface area (Å²) < 4.78 is 3.38.